The smallest absolute Gasteiger partial charge is 0.241 e. The van der Waals surface area contributed by atoms with Crippen molar-refractivity contribution in [3.63, 3.8) is 0 Å². The zero-order chi connectivity index (χ0) is 17.7. The number of hydrogen-bond donors (Lipinski definition) is 1. The van der Waals surface area contributed by atoms with Gasteiger partial charge >= 0.3 is 0 Å². The second kappa shape index (κ2) is 8.09. The molecule has 0 atom stereocenters. The SMILES string of the molecule is COCCC(=O)N1CCC(NS(=O)(=O)c2cc(C)ccc2C)CC1. The number of benzene rings is 1. The highest BCUT2D eigenvalue weighted by Gasteiger charge is 2.27. The van der Waals surface area contributed by atoms with Crippen LogP contribution in [0.2, 0.25) is 0 Å². The predicted molar refractivity (Wildman–Crippen MR) is 92.3 cm³/mol. The van der Waals surface area contributed by atoms with Gasteiger partial charge in [0.15, 0.2) is 0 Å². The maximum absolute atomic E-state index is 12.6. The molecule has 1 aromatic rings. The van der Waals surface area contributed by atoms with E-state index in [1.165, 1.54) is 0 Å². The van der Waals surface area contributed by atoms with Crippen LogP contribution in [0, 0.1) is 13.8 Å². The van der Waals surface area contributed by atoms with Gasteiger partial charge in [-0.3, -0.25) is 4.79 Å². The normalized spacial score (nSPS) is 16.4. The summed E-state index contributed by atoms with van der Waals surface area (Å²) in [5.74, 6) is 0.0627. The fraction of sp³-hybridized carbons (Fsp3) is 0.588. The second-order valence-electron chi connectivity index (χ2n) is 6.29. The van der Waals surface area contributed by atoms with Crippen molar-refractivity contribution in [3.8, 4) is 0 Å². The van der Waals surface area contributed by atoms with Crippen molar-refractivity contribution >= 4 is 15.9 Å². The van der Waals surface area contributed by atoms with Crippen LogP contribution >= 0.6 is 0 Å². The Bertz CT molecular complexity index is 680. The summed E-state index contributed by atoms with van der Waals surface area (Å²) in [7, 11) is -1.97. The largest absolute Gasteiger partial charge is 0.384 e. The number of nitrogens with zero attached hydrogens (tertiary/aromatic N) is 1. The molecular weight excluding hydrogens is 328 g/mol. The molecule has 1 aliphatic heterocycles. The molecule has 134 valence electrons. The van der Waals surface area contributed by atoms with Gasteiger partial charge in [-0.05, 0) is 43.9 Å². The number of aryl methyl sites for hydroxylation is 2. The van der Waals surface area contributed by atoms with Gasteiger partial charge in [0.1, 0.15) is 0 Å². The van der Waals surface area contributed by atoms with Crippen molar-refractivity contribution in [2.75, 3.05) is 26.8 Å². The summed E-state index contributed by atoms with van der Waals surface area (Å²) in [4.78, 5) is 14.1. The molecule has 6 nitrogen and oxygen atoms in total. The number of likely N-dealkylation sites (tertiary alicyclic amines) is 1. The third-order valence-corrected chi connectivity index (χ3v) is 5.99. The highest BCUT2D eigenvalue weighted by Crippen LogP contribution is 2.19. The Hall–Kier alpha value is -1.44. The van der Waals surface area contributed by atoms with Gasteiger partial charge in [0, 0.05) is 26.2 Å². The Balaban J connectivity index is 1.95. The number of amides is 1. The minimum absolute atomic E-state index is 0.0627. The summed E-state index contributed by atoms with van der Waals surface area (Å²) in [6.45, 7) is 5.23. The first-order chi connectivity index (χ1) is 11.3. The van der Waals surface area contributed by atoms with Gasteiger partial charge < -0.3 is 9.64 Å². The summed E-state index contributed by atoms with van der Waals surface area (Å²) in [5.41, 5.74) is 1.65. The molecule has 24 heavy (non-hydrogen) atoms. The van der Waals surface area contributed by atoms with E-state index in [2.05, 4.69) is 4.72 Å². The lowest BCUT2D eigenvalue weighted by Crippen LogP contribution is -2.46. The van der Waals surface area contributed by atoms with Crippen LogP contribution in [-0.2, 0) is 19.6 Å². The van der Waals surface area contributed by atoms with Crippen LogP contribution in [0.5, 0.6) is 0 Å². The fourth-order valence-corrected chi connectivity index (χ4v) is 4.51. The van der Waals surface area contributed by atoms with E-state index >= 15 is 0 Å². The molecule has 1 saturated heterocycles. The molecule has 1 heterocycles. The fourth-order valence-electron chi connectivity index (χ4n) is 2.87. The number of ether oxygens (including phenoxy) is 1. The molecule has 0 radical (unpaired) electrons. The van der Waals surface area contributed by atoms with Crippen molar-refractivity contribution in [1.29, 1.82) is 0 Å². The van der Waals surface area contributed by atoms with E-state index in [0.717, 1.165) is 11.1 Å². The van der Waals surface area contributed by atoms with Crippen LogP contribution in [0.25, 0.3) is 0 Å². The topological polar surface area (TPSA) is 75.7 Å². The third kappa shape index (κ3) is 4.78. The van der Waals surface area contributed by atoms with Crippen LogP contribution in [0.4, 0.5) is 0 Å². The molecule has 7 heteroatoms. The number of carbonyl (C=O) groups is 1. The molecule has 0 saturated carbocycles. The summed E-state index contributed by atoms with van der Waals surface area (Å²) < 4.78 is 33.0. The number of piperidine rings is 1. The van der Waals surface area contributed by atoms with E-state index < -0.39 is 10.0 Å². The molecule has 0 aliphatic carbocycles. The predicted octanol–water partition coefficient (Wildman–Crippen LogP) is 1.61. The zero-order valence-electron chi connectivity index (χ0n) is 14.5. The number of hydrogen-bond acceptors (Lipinski definition) is 4. The summed E-state index contributed by atoms with van der Waals surface area (Å²) in [6, 6.07) is 5.28. The molecule has 1 aromatic carbocycles. The van der Waals surface area contributed by atoms with E-state index in [0.29, 0.717) is 43.9 Å². The van der Waals surface area contributed by atoms with Crippen LogP contribution in [0.3, 0.4) is 0 Å². The van der Waals surface area contributed by atoms with E-state index in [9.17, 15) is 13.2 Å². The Labute approximate surface area is 144 Å². The summed E-state index contributed by atoms with van der Waals surface area (Å²) in [6.07, 6.45) is 1.63. The molecule has 1 amide bonds. The summed E-state index contributed by atoms with van der Waals surface area (Å²) >= 11 is 0. The van der Waals surface area contributed by atoms with E-state index in [1.54, 1.807) is 25.0 Å². The van der Waals surface area contributed by atoms with Gasteiger partial charge in [-0.25, -0.2) is 13.1 Å². The van der Waals surface area contributed by atoms with E-state index in [1.807, 2.05) is 19.1 Å². The first-order valence-electron chi connectivity index (χ1n) is 8.20. The van der Waals surface area contributed by atoms with Crippen molar-refractivity contribution in [1.82, 2.24) is 9.62 Å². The lowest BCUT2D eigenvalue weighted by atomic mass is 10.1. The Morgan fingerprint density at radius 3 is 2.58 bits per heavy atom. The van der Waals surface area contributed by atoms with Crippen molar-refractivity contribution in [2.24, 2.45) is 0 Å². The van der Waals surface area contributed by atoms with Crippen LogP contribution in [-0.4, -0.2) is 52.1 Å². The highest BCUT2D eigenvalue weighted by atomic mass is 32.2. The molecular formula is C17H26N2O4S. The van der Waals surface area contributed by atoms with Crippen LogP contribution < -0.4 is 4.72 Å². The van der Waals surface area contributed by atoms with Crippen molar-refractivity contribution < 1.29 is 17.9 Å². The van der Waals surface area contributed by atoms with Crippen LogP contribution in [0.1, 0.15) is 30.4 Å². The second-order valence-corrected chi connectivity index (χ2v) is 7.97. The Kier molecular flexibility index (Phi) is 6.37. The average molecular weight is 354 g/mol. The lowest BCUT2D eigenvalue weighted by Gasteiger charge is -2.32. The van der Waals surface area contributed by atoms with Gasteiger partial charge in [0.2, 0.25) is 15.9 Å². The van der Waals surface area contributed by atoms with Gasteiger partial charge in [-0.1, -0.05) is 12.1 Å². The number of nitrogens with one attached hydrogen (secondary N) is 1. The Morgan fingerprint density at radius 2 is 1.96 bits per heavy atom. The number of methoxy groups -OCH3 is 1. The standard InChI is InChI=1S/C17H26N2O4S/c1-13-4-5-14(2)16(12-13)24(21,22)18-15-6-9-19(10-7-15)17(20)8-11-23-3/h4-5,12,15,18H,6-11H2,1-3H3. The lowest BCUT2D eigenvalue weighted by molar-refractivity contribution is -0.133. The minimum Gasteiger partial charge on any atom is -0.384 e. The Morgan fingerprint density at radius 1 is 1.29 bits per heavy atom. The number of sulfonamides is 1. The first kappa shape index (κ1) is 18.9. The van der Waals surface area contributed by atoms with Crippen molar-refractivity contribution in [2.45, 2.75) is 44.0 Å². The molecule has 0 unspecified atom stereocenters. The first-order valence-corrected chi connectivity index (χ1v) is 9.68. The molecule has 1 fully saturated rings. The zero-order valence-corrected chi connectivity index (χ0v) is 15.4. The van der Waals surface area contributed by atoms with Crippen LogP contribution in [0.15, 0.2) is 23.1 Å². The molecule has 1 aliphatic rings. The highest BCUT2D eigenvalue weighted by molar-refractivity contribution is 7.89. The van der Waals surface area contributed by atoms with Gasteiger partial charge in [0.05, 0.1) is 17.9 Å². The maximum Gasteiger partial charge on any atom is 0.241 e. The quantitative estimate of drug-likeness (QED) is 0.842. The third-order valence-electron chi connectivity index (χ3n) is 4.32. The number of carbonyl (C=O) groups excluding carboxylic acids is 1. The number of rotatable bonds is 6. The molecule has 0 aromatic heterocycles. The van der Waals surface area contributed by atoms with Gasteiger partial charge in [-0.2, -0.15) is 0 Å². The minimum atomic E-state index is -3.54. The maximum atomic E-state index is 12.6. The molecule has 0 spiro atoms. The molecule has 0 bridgehead atoms. The summed E-state index contributed by atoms with van der Waals surface area (Å²) in [5, 5.41) is 0. The van der Waals surface area contributed by atoms with Gasteiger partial charge in [-0.15, -0.1) is 0 Å². The molecule has 2 rings (SSSR count). The average Bonchev–Trinajstić information content (AvgIpc) is 2.55. The van der Waals surface area contributed by atoms with E-state index in [4.69, 9.17) is 4.74 Å². The molecule has 1 N–H and O–H groups in total. The van der Waals surface area contributed by atoms with Crippen molar-refractivity contribution in [3.05, 3.63) is 29.3 Å². The van der Waals surface area contributed by atoms with Gasteiger partial charge in [0.25, 0.3) is 0 Å². The monoisotopic (exact) mass is 354 g/mol. The van der Waals surface area contributed by atoms with E-state index in [-0.39, 0.29) is 11.9 Å².